The van der Waals surface area contributed by atoms with E-state index in [1.54, 1.807) is 22.8 Å². The second kappa shape index (κ2) is 10.5. The Morgan fingerprint density at radius 3 is 2.83 bits per heavy atom. The number of carbonyl (C=O) groups is 1. The molecule has 4 aromatic rings. The molecule has 9 heteroatoms. The van der Waals surface area contributed by atoms with Crippen molar-refractivity contribution >= 4 is 38.9 Å². The van der Waals surface area contributed by atoms with Crippen molar-refractivity contribution in [2.24, 2.45) is 0 Å². The number of pyridine rings is 1. The van der Waals surface area contributed by atoms with Crippen molar-refractivity contribution in [1.82, 2.24) is 19.8 Å². The predicted molar refractivity (Wildman–Crippen MR) is 136 cm³/mol. The Morgan fingerprint density at radius 1 is 1.17 bits per heavy atom. The third kappa shape index (κ3) is 5.21. The lowest BCUT2D eigenvalue weighted by Gasteiger charge is -2.27. The number of rotatable bonds is 5. The second-order valence-corrected chi connectivity index (χ2v) is 10.0. The summed E-state index contributed by atoms with van der Waals surface area (Å²) in [5, 5.41) is 4.16. The molecule has 0 bridgehead atoms. The smallest absolute Gasteiger partial charge is 0.326 e. The maximum atomic E-state index is 13.7. The van der Waals surface area contributed by atoms with Gasteiger partial charge in [-0.05, 0) is 53.1 Å². The van der Waals surface area contributed by atoms with Crippen LogP contribution in [-0.2, 0) is 19.5 Å². The second-order valence-electron chi connectivity index (χ2n) is 8.64. The number of halogens is 4. The summed E-state index contributed by atoms with van der Waals surface area (Å²) in [6, 6.07) is 13.5. The summed E-state index contributed by atoms with van der Waals surface area (Å²) in [6.45, 7) is 2.36. The molecule has 0 saturated heterocycles. The highest BCUT2D eigenvalue weighted by Gasteiger charge is 2.26. The summed E-state index contributed by atoms with van der Waals surface area (Å²) in [5.41, 5.74) is 4.33. The van der Waals surface area contributed by atoms with Gasteiger partial charge >= 0.3 is 6.03 Å². The Kier molecular flexibility index (Phi) is 7.18. The molecule has 0 aliphatic carbocycles. The highest BCUT2D eigenvalue weighted by Crippen LogP contribution is 2.32. The lowest BCUT2D eigenvalue weighted by Crippen LogP contribution is -2.34. The molecule has 1 amide bonds. The Labute approximate surface area is 220 Å². The highest BCUT2D eigenvalue weighted by molar-refractivity contribution is 9.10. The third-order valence-corrected chi connectivity index (χ3v) is 7.08. The topological polar surface area (TPSA) is 50.2 Å². The fourth-order valence-corrected chi connectivity index (χ4v) is 5.02. The van der Waals surface area contributed by atoms with E-state index in [0.717, 1.165) is 38.7 Å². The van der Waals surface area contributed by atoms with Gasteiger partial charge < -0.3 is 5.32 Å². The Hall–Kier alpha value is -3.07. The minimum Gasteiger partial charge on any atom is -0.333 e. The number of hydrogen-bond acceptors (Lipinski definition) is 3. The number of fused-ring (bicyclic) bond motifs is 3. The van der Waals surface area contributed by atoms with Gasteiger partial charge in [-0.3, -0.25) is 9.47 Å². The van der Waals surface area contributed by atoms with Crippen molar-refractivity contribution in [2.45, 2.75) is 19.5 Å². The van der Waals surface area contributed by atoms with Crippen LogP contribution >= 0.6 is 15.9 Å². The summed E-state index contributed by atoms with van der Waals surface area (Å²) in [4.78, 5) is 19.1. The van der Waals surface area contributed by atoms with Crippen molar-refractivity contribution in [2.75, 3.05) is 13.1 Å². The molecule has 0 radical (unpaired) electrons. The number of aromatic nitrogens is 2. The van der Waals surface area contributed by atoms with Crippen LogP contribution in [-0.4, -0.2) is 33.6 Å². The predicted octanol–water partition coefficient (Wildman–Crippen LogP) is 5.60. The molecule has 2 aromatic heterocycles. The van der Waals surface area contributed by atoms with Crippen LogP contribution in [0.4, 0.5) is 13.6 Å². The monoisotopic (exact) mass is 571 g/mol. The van der Waals surface area contributed by atoms with Crippen LogP contribution in [0.5, 0.6) is 0 Å². The van der Waals surface area contributed by atoms with Crippen LogP contribution in [0.25, 0.3) is 17.0 Å². The number of nitrogens with one attached hydrogen (secondary N) is 1. The van der Waals surface area contributed by atoms with Crippen LogP contribution in [0, 0.1) is 23.4 Å². The molecule has 1 N–H and O–H groups in total. The average Bonchev–Trinajstić information content (AvgIpc) is 3.17. The first-order valence-electron chi connectivity index (χ1n) is 11.4. The highest BCUT2D eigenvalue weighted by atomic mass is 79.9. The van der Waals surface area contributed by atoms with E-state index in [4.69, 9.17) is 11.6 Å². The standard InChI is InChI=1S/C27H22BrClF2N4O/c28-19-4-5-20-21-16-34(10-1-2-17-3-6-22(29)23(30)12-17)11-8-24(21)35(25(20)14-19)27(36)33-15-18-7-9-32-26(31)13-18/h1-7,9,12-14,29H,8,10-11,15-16H2/p+1/b2-1+. The Morgan fingerprint density at radius 2 is 2.03 bits per heavy atom. The lowest BCUT2D eigenvalue weighted by atomic mass is 10.0. The molecule has 184 valence electrons. The van der Waals surface area contributed by atoms with E-state index in [2.05, 4.69) is 31.1 Å². The summed E-state index contributed by atoms with van der Waals surface area (Å²) in [6.07, 6.45) is 5.99. The van der Waals surface area contributed by atoms with Gasteiger partial charge in [0.1, 0.15) is 0 Å². The van der Waals surface area contributed by atoms with Gasteiger partial charge in [0.05, 0.1) is 5.52 Å². The van der Waals surface area contributed by atoms with Crippen molar-refractivity contribution in [3.63, 3.8) is 0 Å². The summed E-state index contributed by atoms with van der Waals surface area (Å²) < 4.78 is 29.8. The first-order valence-corrected chi connectivity index (χ1v) is 12.6. The summed E-state index contributed by atoms with van der Waals surface area (Å²) in [5.74, 6) is -0.966. The molecular weight excluding hydrogens is 550 g/mol. The molecular formula is C27H23BrClF2N4O+. The molecule has 0 unspecified atom stereocenters. The van der Waals surface area contributed by atoms with Crippen LogP contribution in [0.2, 0.25) is 5.02 Å². The normalized spacial score (nSPS) is 13.9. The van der Waals surface area contributed by atoms with E-state index >= 15 is 0 Å². The first-order chi connectivity index (χ1) is 17.4. The van der Waals surface area contributed by atoms with E-state index in [1.165, 1.54) is 18.3 Å². The Balaban J connectivity index is 1.36. The third-order valence-electron chi connectivity index (χ3n) is 6.26. The van der Waals surface area contributed by atoms with E-state index in [9.17, 15) is 13.6 Å². The number of benzene rings is 2. The summed E-state index contributed by atoms with van der Waals surface area (Å²) in [7, 11) is 0. The minimum atomic E-state index is -0.578. The fourth-order valence-electron chi connectivity index (χ4n) is 4.54. The van der Waals surface area contributed by atoms with Gasteiger partial charge in [-0.1, -0.05) is 34.1 Å². The summed E-state index contributed by atoms with van der Waals surface area (Å²) >= 11 is 8.44. The minimum absolute atomic E-state index is 0.199. The van der Waals surface area contributed by atoms with Gasteiger partial charge in [-0.25, -0.2) is 14.2 Å². The quantitative estimate of drug-likeness (QED) is 0.317. The number of nitrogens with zero attached hydrogens (tertiary/aromatic N) is 3. The first kappa shape index (κ1) is 24.6. The van der Waals surface area contributed by atoms with Crippen LogP contribution in [0.1, 0.15) is 22.4 Å². The van der Waals surface area contributed by atoms with Gasteiger partial charge in [-0.2, -0.15) is 4.39 Å². The van der Waals surface area contributed by atoms with Gasteiger partial charge in [0.2, 0.25) is 5.95 Å². The maximum Gasteiger partial charge on any atom is 0.326 e. The zero-order valence-corrected chi connectivity index (χ0v) is 21.6. The molecule has 0 saturated carbocycles. The molecule has 1 aliphatic heterocycles. The molecule has 5 nitrogen and oxygen atoms in total. The van der Waals surface area contributed by atoms with Crippen LogP contribution in [0.3, 0.4) is 0 Å². The maximum absolute atomic E-state index is 13.7. The van der Waals surface area contributed by atoms with E-state index in [-0.39, 0.29) is 23.4 Å². The van der Waals surface area contributed by atoms with E-state index in [1.807, 2.05) is 30.4 Å². The Bertz CT molecular complexity index is 1490. The van der Waals surface area contributed by atoms with Crippen LogP contribution in [0.15, 0.2) is 65.3 Å². The zero-order chi connectivity index (χ0) is 25.2. The van der Waals surface area contributed by atoms with Crippen molar-refractivity contribution in [3.8, 4) is 0 Å². The van der Waals surface area contributed by atoms with E-state index in [0.29, 0.717) is 25.1 Å². The van der Waals surface area contributed by atoms with Gasteiger partial charge in [-0.15, -0.1) is 0 Å². The molecule has 3 heterocycles. The zero-order valence-electron chi connectivity index (χ0n) is 19.2. The number of amides is 1. The molecule has 0 spiro atoms. The van der Waals surface area contributed by atoms with Gasteiger partial charge in [0.25, 0.3) is 5.02 Å². The molecule has 36 heavy (non-hydrogen) atoms. The SMILES string of the molecule is O=C(NCc1ccnc(F)c1)n1c2c(c3ccc(Br)cc31)CN(C/C=C/c1ccc([ClH+])c(F)c1)CC2. The molecule has 0 atom stereocenters. The molecule has 5 rings (SSSR count). The molecule has 1 aliphatic rings. The largest absolute Gasteiger partial charge is 0.333 e. The molecule has 0 fully saturated rings. The average molecular weight is 573 g/mol. The van der Waals surface area contributed by atoms with Crippen molar-refractivity contribution < 1.29 is 25.2 Å². The van der Waals surface area contributed by atoms with Crippen molar-refractivity contribution in [3.05, 3.63) is 104 Å². The number of carbonyl (C=O) groups excluding carboxylic acids is 1. The molecule has 2 aromatic carbocycles. The fraction of sp³-hybridized carbons (Fsp3) is 0.185. The lowest BCUT2D eigenvalue weighted by molar-refractivity contribution is -0.293. The number of hydrogen-bond donors (Lipinski definition) is 1. The van der Waals surface area contributed by atoms with Gasteiger partial charge in [0.15, 0.2) is 17.4 Å². The van der Waals surface area contributed by atoms with E-state index < -0.39 is 5.95 Å². The van der Waals surface area contributed by atoms with Crippen molar-refractivity contribution in [1.29, 1.82) is 0 Å². The van der Waals surface area contributed by atoms with Crippen LogP contribution < -0.4 is 5.32 Å². The van der Waals surface area contributed by atoms with Gasteiger partial charge in [0, 0.05) is 60.4 Å².